The predicted molar refractivity (Wildman–Crippen MR) is 156 cm³/mol. The summed E-state index contributed by atoms with van der Waals surface area (Å²) in [6.07, 6.45) is 2.53. The summed E-state index contributed by atoms with van der Waals surface area (Å²) < 4.78 is 43.4. The Morgan fingerprint density at radius 3 is 2.41 bits per heavy atom. The van der Waals surface area contributed by atoms with E-state index < -0.39 is 21.7 Å². The summed E-state index contributed by atoms with van der Waals surface area (Å²) in [6, 6.07) is 17.5. The first-order chi connectivity index (χ1) is 18.6. The van der Waals surface area contributed by atoms with Crippen LogP contribution in [0, 0.1) is 17.7 Å². The molecule has 7 nitrogen and oxygen atoms in total. The summed E-state index contributed by atoms with van der Waals surface area (Å²) in [5.74, 6) is -0.331. The van der Waals surface area contributed by atoms with Gasteiger partial charge >= 0.3 is 0 Å². The fourth-order valence-corrected chi connectivity index (χ4v) is 7.57. The number of hydrazone groups is 1. The van der Waals surface area contributed by atoms with Crippen LogP contribution in [0.4, 0.5) is 9.52 Å². The first-order valence-corrected chi connectivity index (χ1v) is 15.5. The minimum atomic E-state index is -3.68. The molecule has 5 rings (SSSR count). The number of sulfonamides is 1. The molecule has 2 atom stereocenters. The van der Waals surface area contributed by atoms with Gasteiger partial charge in [-0.15, -0.1) is 0 Å². The van der Waals surface area contributed by atoms with Crippen LogP contribution in [-0.4, -0.2) is 42.9 Å². The van der Waals surface area contributed by atoms with E-state index in [9.17, 15) is 17.6 Å². The van der Waals surface area contributed by atoms with E-state index in [2.05, 4.69) is 39.9 Å². The fourth-order valence-electron chi connectivity index (χ4n) is 4.68. The van der Waals surface area contributed by atoms with Gasteiger partial charge in [-0.2, -0.15) is 14.4 Å². The zero-order valence-corrected chi connectivity index (χ0v) is 24.5. The summed E-state index contributed by atoms with van der Waals surface area (Å²) in [4.78, 5) is 18.3. The van der Waals surface area contributed by atoms with Crippen molar-refractivity contribution in [1.82, 2.24) is 9.29 Å². The standard InChI is InChI=1S/C28H26BrFN4O3S2/c1-18-13-19(2)17-33(16-18)39(36,37)24-10-5-21(6-11-24)27(35)34(31-15-20-3-7-22(29)8-4-20)28-32-25-12-9-23(30)14-26(25)38-28/h3-12,14-15,18-19H,13,16-17H2,1-2H3/b31-15+. The van der Waals surface area contributed by atoms with E-state index in [0.29, 0.717) is 23.3 Å². The molecule has 11 heteroatoms. The fraction of sp³-hybridized carbons (Fsp3) is 0.250. The second-order valence-corrected chi connectivity index (χ2v) is 13.7. The summed E-state index contributed by atoms with van der Waals surface area (Å²) in [7, 11) is -3.68. The monoisotopic (exact) mass is 628 g/mol. The summed E-state index contributed by atoms with van der Waals surface area (Å²) in [5.41, 5.74) is 1.54. The van der Waals surface area contributed by atoms with Gasteiger partial charge in [-0.1, -0.05) is 53.2 Å². The summed E-state index contributed by atoms with van der Waals surface area (Å²) >= 11 is 4.54. The molecular formula is C28H26BrFN4O3S2. The lowest BCUT2D eigenvalue weighted by Crippen LogP contribution is -2.42. The van der Waals surface area contributed by atoms with Gasteiger partial charge in [0.1, 0.15) is 5.82 Å². The normalized spacial score (nSPS) is 18.6. The van der Waals surface area contributed by atoms with Crippen LogP contribution in [0.5, 0.6) is 0 Å². The molecule has 0 saturated carbocycles. The van der Waals surface area contributed by atoms with E-state index in [0.717, 1.165) is 32.8 Å². The van der Waals surface area contributed by atoms with Crippen LogP contribution in [0.15, 0.2) is 81.2 Å². The highest BCUT2D eigenvalue weighted by atomic mass is 79.9. The average molecular weight is 630 g/mol. The number of hydrogen-bond donors (Lipinski definition) is 0. The van der Waals surface area contributed by atoms with Crippen molar-refractivity contribution in [3.05, 3.63) is 88.1 Å². The Balaban J connectivity index is 1.46. The van der Waals surface area contributed by atoms with Crippen LogP contribution in [0.25, 0.3) is 10.2 Å². The molecule has 39 heavy (non-hydrogen) atoms. The van der Waals surface area contributed by atoms with Crippen LogP contribution in [0.3, 0.4) is 0 Å². The van der Waals surface area contributed by atoms with Gasteiger partial charge < -0.3 is 0 Å². The number of anilines is 1. The molecule has 1 aliphatic rings. The molecule has 2 unspecified atom stereocenters. The molecule has 1 amide bonds. The van der Waals surface area contributed by atoms with Crippen molar-refractivity contribution in [1.29, 1.82) is 0 Å². The third-order valence-electron chi connectivity index (χ3n) is 6.48. The molecule has 1 aromatic heterocycles. The van der Waals surface area contributed by atoms with Crippen molar-refractivity contribution in [2.45, 2.75) is 25.2 Å². The van der Waals surface area contributed by atoms with Gasteiger partial charge in [0.15, 0.2) is 0 Å². The highest BCUT2D eigenvalue weighted by molar-refractivity contribution is 9.10. The van der Waals surface area contributed by atoms with Gasteiger partial charge in [-0.25, -0.2) is 17.8 Å². The molecular weight excluding hydrogens is 603 g/mol. The minimum absolute atomic E-state index is 0.140. The molecule has 202 valence electrons. The van der Waals surface area contributed by atoms with E-state index in [-0.39, 0.29) is 27.4 Å². The number of benzene rings is 3. The SMILES string of the molecule is CC1CC(C)CN(S(=O)(=O)c2ccc(C(=O)N(/N=C/c3ccc(Br)cc3)c3nc4ccc(F)cc4s3)cc2)C1. The van der Waals surface area contributed by atoms with Crippen molar-refractivity contribution in [2.75, 3.05) is 18.1 Å². The highest BCUT2D eigenvalue weighted by Gasteiger charge is 2.32. The number of thiazole rings is 1. The predicted octanol–water partition coefficient (Wildman–Crippen LogP) is 6.55. The molecule has 0 bridgehead atoms. The second kappa shape index (κ2) is 11.2. The summed E-state index contributed by atoms with van der Waals surface area (Å²) in [5, 5.41) is 5.84. The molecule has 0 spiro atoms. The minimum Gasteiger partial charge on any atom is -0.267 e. The van der Waals surface area contributed by atoms with Gasteiger partial charge in [0.25, 0.3) is 5.91 Å². The number of nitrogens with zero attached hydrogens (tertiary/aromatic N) is 4. The first-order valence-electron chi connectivity index (χ1n) is 12.4. The van der Waals surface area contributed by atoms with Crippen LogP contribution in [0.1, 0.15) is 36.2 Å². The number of halogens is 2. The lowest BCUT2D eigenvalue weighted by molar-refractivity contribution is 0.0987. The van der Waals surface area contributed by atoms with Crippen LogP contribution < -0.4 is 5.01 Å². The average Bonchev–Trinajstić information content (AvgIpc) is 3.32. The van der Waals surface area contributed by atoms with Crippen molar-refractivity contribution < 1.29 is 17.6 Å². The molecule has 0 aliphatic carbocycles. The lowest BCUT2D eigenvalue weighted by atomic mass is 9.94. The van der Waals surface area contributed by atoms with Crippen LogP contribution in [0.2, 0.25) is 0 Å². The van der Waals surface area contributed by atoms with E-state index in [1.165, 1.54) is 46.9 Å². The topological polar surface area (TPSA) is 82.9 Å². The molecule has 4 aromatic rings. The number of carbonyl (C=O) groups excluding carboxylic acids is 1. The Hall–Kier alpha value is -2.99. The molecule has 2 heterocycles. The van der Waals surface area contributed by atoms with Gasteiger partial charge in [0.05, 0.1) is 21.3 Å². The Labute approximate surface area is 239 Å². The number of aromatic nitrogens is 1. The van der Waals surface area contributed by atoms with E-state index in [4.69, 9.17) is 0 Å². The van der Waals surface area contributed by atoms with Gasteiger partial charge in [0, 0.05) is 23.1 Å². The Bertz CT molecular complexity index is 1630. The quantitative estimate of drug-likeness (QED) is 0.179. The molecule has 0 radical (unpaired) electrons. The van der Waals surface area contributed by atoms with Gasteiger partial charge in [-0.3, -0.25) is 4.79 Å². The molecule has 1 fully saturated rings. The van der Waals surface area contributed by atoms with Crippen molar-refractivity contribution in [3.8, 4) is 0 Å². The Morgan fingerprint density at radius 2 is 1.74 bits per heavy atom. The Kier molecular flexibility index (Phi) is 7.95. The third-order valence-corrected chi connectivity index (χ3v) is 9.85. The van der Waals surface area contributed by atoms with Crippen LogP contribution in [-0.2, 0) is 10.0 Å². The molecule has 1 aliphatic heterocycles. The third kappa shape index (κ3) is 6.11. The second-order valence-electron chi connectivity index (χ2n) is 9.81. The van der Waals surface area contributed by atoms with Gasteiger partial charge in [0.2, 0.25) is 15.2 Å². The Morgan fingerprint density at radius 1 is 1.08 bits per heavy atom. The summed E-state index contributed by atoms with van der Waals surface area (Å²) in [6.45, 7) is 5.06. The maximum Gasteiger partial charge on any atom is 0.280 e. The van der Waals surface area contributed by atoms with E-state index in [1.807, 2.05) is 24.3 Å². The van der Waals surface area contributed by atoms with E-state index in [1.54, 1.807) is 6.07 Å². The van der Waals surface area contributed by atoms with E-state index >= 15 is 0 Å². The molecule has 3 aromatic carbocycles. The number of rotatable bonds is 6. The number of fused-ring (bicyclic) bond motifs is 1. The molecule has 0 N–H and O–H groups in total. The van der Waals surface area contributed by atoms with Crippen molar-refractivity contribution in [3.63, 3.8) is 0 Å². The zero-order chi connectivity index (χ0) is 27.7. The zero-order valence-electron chi connectivity index (χ0n) is 21.3. The number of hydrogen-bond acceptors (Lipinski definition) is 6. The van der Waals surface area contributed by atoms with Crippen molar-refractivity contribution >= 4 is 64.8 Å². The number of amides is 1. The van der Waals surface area contributed by atoms with Crippen molar-refractivity contribution in [2.24, 2.45) is 16.9 Å². The van der Waals surface area contributed by atoms with Gasteiger partial charge in [-0.05, 0) is 78.4 Å². The van der Waals surface area contributed by atoms with Crippen LogP contribution >= 0.6 is 27.3 Å². The smallest absolute Gasteiger partial charge is 0.267 e. The highest BCUT2D eigenvalue weighted by Crippen LogP contribution is 2.31. The first kappa shape index (κ1) is 27.6. The molecule has 1 saturated heterocycles. The maximum atomic E-state index is 13.8. The largest absolute Gasteiger partial charge is 0.280 e. The number of piperidine rings is 1. The number of carbonyl (C=O) groups is 1. The lowest BCUT2D eigenvalue weighted by Gasteiger charge is -2.34. The maximum absolute atomic E-state index is 13.8.